The molecule has 8 unspecified atom stereocenters. The van der Waals surface area contributed by atoms with E-state index in [-0.39, 0.29) is 6.42 Å². The second kappa shape index (κ2) is 21.8. The number of unbranched alkanes of at least 4 members (excludes halogenated alkanes) is 13. The Morgan fingerprint density at radius 3 is 1.79 bits per heavy atom. The van der Waals surface area contributed by atoms with Crippen molar-refractivity contribution in [2.75, 3.05) is 19.8 Å². The minimum Gasteiger partial charge on any atom is -0.396 e. The van der Waals surface area contributed by atoms with Gasteiger partial charge in [0.05, 0.1) is 12.7 Å². The molecule has 0 aliphatic carbocycles. The van der Waals surface area contributed by atoms with E-state index in [2.05, 4.69) is 12.2 Å². The Balaban J connectivity index is 2.25. The molecule has 11 nitrogen and oxygen atoms in total. The minimum absolute atomic E-state index is 0.209. The molecule has 1 aliphatic rings. The Hall–Kier alpha value is -0.890. The standard InChI is InChI=1S/C28H55NO10/c1-2-3-4-5-6-7-8-9-10-11-12-13-14-15-17-29-27(37)25(35)22(32)20(16-18-30)38-28-26(36)24(34)23(33)21(19-31)39-28/h20-26,28,30-36H,2-19H2,1H3,(H,29,37). The molecule has 1 saturated heterocycles. The molecule has 1 aliphatic heterocycles. The normalized spacial score (nSPS) is 25.8. The third-order valence-electron chi connectivity index (χ3n) is 7.37. The van der Waals surface area contributed by atoms with Crippen molar-refractivity contribution in [1.29, 1.82) is 0 Å². The number of hydrogen-bond donors (Lipinski definition) is 8. The largest absolute Gasteiger partial charge is 0.396 e. The molecule has 0 radical (unpaired) electrons. The SMILES string of the molecule is CCCCCCCCCCCCCCCCNC(=O)C(O)C(O)C(CCO)OC1OC(CO)C(O)C(O)C1O. The molecule has 1 heterocycles. The van der Waals surface area contributed by atoms with Crippen LogP contribution in [0.25, 0.3) is 0 Å². The van der Waals surface area contributed by atoms with Crippen molar-refractivity contribution < 1.29 is 50.0 Å². The quantitative estimate of drug-likeness (QED) is 0.0826. The van der Waals surface area contributed by atoms with Crippen LogP contribution >= 0.6 is 0 Å². The van der Waals surface area contributed by atoms with Crippen LogP contribution in [0.3, 0.4) is 0 Å². The third-order valence-corrected chi connectivity index (χ3v) is 7.37. The van der Waals surface area contributed by atoms with Gasteiger partial charge in [-0.3, -0.25) is 4.79 Å². The van der Waals surface area contributed by atoms with E-state index >= 15 is 0 Å². The fourth-order valence-corrected chi connectivity index (χ4v) is 4.79. The molecule has 232 valence electrons. The number of ether oxygens (including phenoxy) is 2. The van der Waals surface area contributed by atoms with Crippen LogP contribution in [0.15, 0.2) is 0 Å². The lowest BCUT2D eigenvalue weighted by Gasteiger charge is -2.41. The molecule has 11 heteroatoms. The van der Waals surface area contributed by atoms with Gasteiger partial charge in [0.25, 0.3) is 5.91 Å². The highest BCUT2D eigenvalue weighted by molar-refractivity contribution is 5.81. The molecular formula is C28H55NO10. The maximum absolute atomic E-state index is 12.4. The second-order valence-electron chi connectivity index (χ2n) is 10.7. The van der Waals surface area contributed by atoms with Gasteiger partial charge in [-0.15, -0.1) is 0 Å². The first kappa shape index (κ1) is 36.1. The summed E-state index contributed by atoms with van der Waals surface area (Å²) in [7, 11) is 0. The molecule has 0 aromatic heterocycles. The third kappa shape index (κ3) is 14.0. The minimum atomic E-state index is -1.86. The van der Waals surface area contributed by atoms with Crippen LogP contribution in [-0.2, 0) is 14.3 Å². The van der Waals surface area contributed by atoms with Crippen molar-refractivity contribution in [3.63, 3.8) is 0 Å². The number of aliphatic hydroxyl groups excluding tert-OH is 7. The molecular weight excluding hydrogens is 510 g/mol. The van der Waals surface area contributed by atoms with Gasteiger partial charge in [0, 0.05) is 13.2 Å². The number of aliphatic hydroxyl groups is 7. The monoisotopic (exact) mass is 565 g/mol. The second-order valence-corrected chi connectivity index (χ2v) is 10.7. The number of amides is 1. The van der Waals surface area contributed by atoms with Crippen molar-refractivity contribution >= 4 is 5.91 Å². The average Bonchev–Trinajstić information content (AvgIpc) is 2.93. The fourth-order valence-electron chi connectivity index (χ4n) is 4.79. The summed E-state index contributed by atoms with van der Waals surface area (Å²) >= 11 is 0. The molecule has 1 fully saturated rings. The Bertz CT molecular complexity index is 611. The van der Waals surface area contributed by atoms with Gasteiger partial charge in [-0.1, -0.05) is 90.4 Å². The maximum atomic E-state index is 12.4. The van der Waals surface area contributed by atoms with Crippen molar-refractivity contribution in [2.24, 2.45) is 0 Å². The molecule has 39 heavy (non-hydrogen) atoms. The summed E-state index contributed by atoms with van der Waals surface area (Å²) in [5.41, 5.74) is 0. The van der Waals surface area contributed by atoms with Gasteiger partial charge in [-0.05, 0) is 12.8 Å². The predicted molar refractivity (Wildman–Crippen MR) is 146 cm³/mol. The Morgan fingerprint density at radius 1 is 0.795 bits per heavy atom. The number of carbonyl (C=O) groups is 1. The molecule has 0 aromatic carbocycles. The summed E-state index contributed by atoms with van der Waals surface area (Å²) < 4.78 is 10.7. The lowest BCUT2D eigenvalue weighted by atomic mass is 9.98. The Kier molecular flexibility index (Phi) is 20.2. The highest BCUT2D eigenvalue weighted by Crippen LogP contribution is 2.25. The van der Waals surface area contributed by atoms with Gasteiger partial charge in [-0.2, -0.15) is 0 Å². The van der Waals surface area contributed by atoms with Crippen LogP contribution < -0.4 is 5.32 Å². The van der Waals surface area contributed by atoms with E-state index in [0.29, 0.717) is 6.54 Å². The van der Waals surface area contributed by atoms with Crippen LogP contribution in [-0.4, -0.2) is 110 Å². The van der Waals surface area contributed by atoms with E-state index in [1.807, 2.05) is 0 Å². The van der Waals surface area contributed by atoms with Gasteiger partial charge < -0.3 is 50.5 Å². The van der Waals surface area contributed by atoms with Crippen LogP contribution in [0.5, 0.6) is 0 Å². The summed E-state index contributed by atoms with van der Waals surface area (Å²) in [5, 5.41) is 72.0. The highest BCUT2D eigenvalue weighted by atomic mass is 16.7. The molecule has 0 bridgehead atoms. The zero-order chi connectivity index (χ0) is 29.0. The Labute approximate surface area is 233 Å². The van der Waals surface area contributed by atoms with Crippen molar-refractivity contribution in [2.45, 2.75) is 152 Å². The van der Waals surface area contributed by atoms with Crippen molar-refractivity contribution in [1.82, 2.24) is 5.32 Å². The van der Waals surface area contributed by atoms with E-state index in [1.165, 1.54) is 64.2 Å². The molecule has 0 aromatic rings. The fraction of sp³-hybridized carbons (Fsp3) is 0.964. The number of rotatable bonds is 23. The van der Waals surface area contributed by atoms with Crippen molar-refractivity contribution in [3.8, 4) is 0 Å². The zero-order valence-electron chi connectivity index (χ0n) is 23.7. The maximum Gasteiger partial charge on any atom is 0.251 e. The summed E-state index contributed by atoms with van der Waals surface area (Å²) in [4.78, 5) is 12.4. The van der Waals surface area contributed by atoms with Crippen molar-refractivity contribution in [3.05, 3.63) is 0 Å². The van der Waals surface area contributed by atoms with E-state index in [9.17, 15) is 40.5 Å². The summed E-state index contributed by atoms with van der Waals surface area (Å²) in [6.07, 6.45) is 4.10. The van der Waals surface area contributed by atoms with Crippen LogP contribution in [0, 0.1) is 0 Å². The molecule has 1 amide bonds. The lowest BCUT2D eigenvalue weighted by molar-refractivity contribution is -0.319. The van der Waals surface area contributed by atoms with Gasteiger partial charge in [0.1, 0.15) is 30.5 Å². The highest BCUT2D eigenvalue weighted by Gasteiger charge is 2.46. The molecule has 8 N–H and O–H groups in total. The molecule has 1 rings (SSSR count). The summed E-state index contributed by atoms with van der Waals surface area (Å²) in [6, 6.07) is 0. The Morgan fingerprint density at radius 2 is 1.31 bits per heavy atom. The predicted octanol–water partition coefficient (Wildman–Crippen LogP) is 0.873. The van der Waals surface area contributed by atoms with Gasteiger partial charge in [0.15, 0.2) is 12.4 Å². The summed E-state index contributed by atoms with van der Waals surface area (Å²) in [5.74, 6) is -0.794. The van der Waals surface area contributed by atoms with Crippen LogP contribution in [0.2, 0.25) is 0 Å². The molecule has 0 saturated carbocycles. The van der Waals surface area contributed by atoms with Gasteiger partial charge in [0.2, 0.25) is 0 Å². The van der Waals surface area contributed by atoms with E-state index in [0.717, 1.165) is 25.7 Å². The van der Waals surface area contributed by atoms with E-state index in [4.69, 9.17) is 9.47 Å². The first-order chi connectivity index (χ1) is 18.8. The summed E-state index contributed by atoms with van der Waals surface area (Å²) in [6.45, 7) is 1.45. The van der Waals surface area contributed by atoms with E-state index in [1.54, 1.807) is 0 Å². The molecule has 0 spiro atoms. The van der Waals surface area contributed by atoms with Crippen LogP contribution in [0.1, 0.15) is 103 Å². The molecule has 8 atom stereocenters. The first-order valence-corrected chi connectivity index (χ1v) is 15.0. The zero-order valence-corrected chi connectivity index (χ0v) is 23.7. The van der Waals surface area contributed by atoms with Gasteiger partial charge >= 0.3 is 0 Å². The first-order valence-electron chi connectivity index (χ1n) is 15.0. The number of carbonyl (C=O) groups excluding carboxylic acids is 1. The van der Waals surface area contributed by atoms with Gasteiger partial charge in [-0.25, -0.2) is 0 Å². The number of nitrogens with one attached hydrogen (secondary N) is 1. The number of hydrogen-bond acceptors (Lipinski definition) is 10. The lowest BCUT2D eigenvalue weighted by Crippen LogP contribution is -2.60. The topological polar surface area (TPSA) is 189 Å². The van der Waals surface area contributed by atoms with E-state index < -0.39 is 68.1 Å². The smallest absolute Gasteiger partial charge is 0.251 e. The van der Waals surface area contributed by atoms with Crippen LogP contribution in [0.4, 0.5) is 0 Å². The average molecular weight is 566 g/mol.